The molecule has 0 aliphatic carbocycles. The molecular formula is C23H28N2O5. The predicted octanol–water partition coefficient (Wildman–Crippen LogP) is 3.71. The second kappa shape index (κ2) is 9.43. The molecule has 0 bridgehead atoms. The Morgan fingerprint density at radius 3 is 1.77 bits per heavy atom. The number of carboxylic acids is 2. The molecule has 0 radical (unpaired) electrons. The molecule has 0 saturated carbocycles. The fourth-order valence-electron chi connectivity index (χ4n) is 4.12. The quantitative estimate of drug-likeness (QED) is 0.469. The first kappa shape index (κ1) is 22.9. The Morgan fingerprint density at radius 1 is 0.867 bits per heavy atom. The highest BCUT2D eigenvalue weighted by Crippen LogP contribution is 2.42. The molecule has 4 N–H and O–H groups in total. The van der Waals surface area contributed by atoms with Gasteiger partial charge >= 0.3 is 18.0 Å². The van der Waals surface area contributed by atoms with Crippen molar-refractivity contribution in [1.82, 2.24) is 10.6 Å². The molecule has 7 heteroatoms. The fourth-order valence-corrected chi connectivity index (χ4v) is 4.12. The smallest absolute Gasteiger partial charge is 0.342 e. The van der Waals surface area contributed by atoms with Crippen LogP contribution in [0, 0.1) is 0 Å². The lowest BCUT2D eigenvalue weighted by atomic mass is 9.61. The molecule has 0 spiro atoms. The zero-order valence-corrected chi connectivity index (χ0v) is 17.4. The number of carboxylic acid groups (broad SMARTS) is 2. The molecule has 0 heterocycles. The van der Waals surface area contributed by atoms with Gasteiger partial charge in [0, 0.05) is 5.41 Å². The van der Waals surface area contributed by atoms with Crippen molar-refractivity contribution in [1.29, 1.82) is 0 Å². The summed E-state index contributed by atoms with van der Waals surface area (Å²) in [5.41, 5.74) is -2.57. The average Bonchev–Trinajstić information content (AvgIpc) is 2.75. The Bertz CT molecular complexity index is 865. The molecular weight excluding hydrogens is 384 g/mol. The molecule has 0 aliphatic rings. The van der Waals surface area contributed by atoms with E-state index in [9.17, 15) is 24.6 Å². The van der Waals surface area contributed by atoms with Crippen LogP contribution in [-0.4, -0.2) is 33.7 Å². The maximum absolute atomic E-state index is 12.8. The van der Waals surface area contributed by atoms with E-state index in [1.54, 1.807) is 51.1 Å². The van der Waals surface area contributed by atoms with Gasteiger partial charge in [-0.05, 0) is 30.9 Å². The molecule has 0 fully saturated rings. The SMILES string of the molecule is CCC(CC)(c1ccccc1)C(NC(=O)N[C@H](C)c1ccccc1)(C(=O)O)C(=O)O. The summed E-state index contributed by atoms with van der Waals surface area (Å²) in [5, 5.41) is 25.2. The van der Waals surface area contributed by atoms with Crippen LogP contribution < -0.4 is 10.6 Å². The van der Waals surface area contributed by atoms with Crippen molar-refractivity contribution in [2.75, 3.05) is 0 Å². The third-order valence-electron chi connectivity index (χ3n) is 5.84. The van der Waals surface area contributed by atoms with E-state index in [-0.39, 0.29) is 12.8 Å². The van der Waals surface area contributed by atoms with Crippen molar-refractivity contribution in [2.45, 2.75) is 50.6 Å². The van der Waals surface area contributed by atoms with Crippen LogP contribution in [0.1, 0.15) is 50.8 Å². The lowest BCUT2D eigenvalue weighted by molar-refractivity contribution is -0.163. The normalized spacial score (nSPS) is 12.6. The van der Waals surface area contributed by atoms with Crippen LogP contribution in [0.15, 0.2) is 60.7 Å². The number of urea groups is 1. The largest absolute Gasteiger partial charge is 0.479 e. The van der Waals surface area contributed by atoms with Gasteiger partial charge in [0.05, 0.1) is 6.04 Å². The summed E-state index contributed by atoms with van der Waals surface area (Å²) in [6.07, 6.45) is 0.390. The van der Waals surface area contributed by atoms with E-state index in [2.05, 4.69) is 10.6 Å². The highest BCUT2D eigenvalue weighted by molar-refractivity contribution is 6.08. The van der Waals surface area contributed by atoms with Crippen molar-refractivity contribution in [3.05, 3.63) is 71.8 Å². The van der Waals surface area contributed by atoms with Gasteiger partial charge in [-0.2, -0.15) is 0 Å². The van der Waals surface area contributed by atoms with E-state index in [0.29, 0.717) is 5.56 Å². The van der Waals surface area contributed by atoms with Crippen molar-refractivity contribution in [3.63, 3.8) is 0 Å². The van der Waals surface area contributed by atoms with Crippen LogP contribution in [0.4, 0.5) is 4.79 Å². The Morgan fingerprint density at radius 2 is 1.33 bits per heavy atom. The molecule has 2 amide bonds. The van der Waals surface area contributed by atoms with Crippen molar-refractivity contribution in [3.8, 4) is 0 Å². The number of amides is 2. The van der Waals surface area contributed by atoms with E-state index in [1.165, 1.54) is 0 Å². The molecule has 2 aromatic carbocycles. The van der Waals surface area contributed by atoms with Crippen molar-refractivity contribution in [2.24, 2.45) is 0 Å². The van der Waals surface area contributed by atoms with Crippen LogP contribution in [0.3, 0.4) is 0 Å². The number of hydrogen-bond acceptors (Lipinski definition) is 3. The van der Waals surface area contributed by atoms with Crippen LogP contribution in [0.25, 0.3) is 0 Å². The number of aliphatic carboxylic acids is 2. The summed E-state index contributed by atoms with van der Waals surface area (Å²) in [5.74, 6) is -3.24. The first-order valence-electron chi connectivity index (χ1n) is 9.91. The van der Waals surface area contributed by atoms with E-state index in [0.717, 1.165) is 5.56 Å². The number of hydrogen-bond donors (Lipinski definition) is 4. The van der Waals surface area contributed by atoms with Gasteiger partial charge in [0.2, 0.25) is 5.54 Å². The van der Waals surface area contributed by atoms with Crippen LogP contribution in [-0.2, 0) is 15.0 Å². The number of carbonyl (C=O) groups is 3. The summed E-state index contributed by atoms with van der Waals surface area (Å²) in [6.45, 7) is 5.19. The topological polar surface area (TPSA) is 116 Å². The van der Waals surface area contributed by atoms with Gasteiger partial charge in [-0.1, -0.05) is 74.5 Å². The van der Waals surface area contributed by atoms with Gasteiger partial charge in [0.1, 0.15) is 0 Å². The average molecular weight is 412 g/mol. The monoisotopic (exact) mass is 412 g/mol. The summed E-state index contributed by atoms with van der Waals surface area (Å²) in [4.78, 5) is 37.7. The van der Waals surface area contributed by atoms with Gasteiger partial charge in [-0.3, -0.25) is 0 Å². The first-order valence-corrected chi connectivity index (χ1v) is 9.91. The second-order valence-corrected chi connectivity index (χ2v) is 7.25. The molecule has 0 saturated heterocycles. The standard InChI is InChI=1S/C23H28N2O5/c1-4-22(5-2,18-14-10-7-11-15-18)23(19(26)27,20(28)29)25-21(30)24-16(3)17-12-8-6-9-13-17/h6-16H,4-5H2,1-3H3,(H,26,27)(H,28,29)(H2,24,25,30)/t16-/m1/s1. The third-order valence-corrected chi connectivity index (χ3v) is 5.84. The summed E-state index contributed by atoms with van der Waals surface area (Å²) in [6, 6.07) is 16.4. The van der Waals surface area contributed by atoms with Gasteiger partial charge in [0.25, 0.3) is 0 Å². The van der Waals surface area contributed by atoms with Crippen LogP contribution >= 0.6 is 0 Å². The van der Waals surface area contributed by atoms with Gasteiger partial charge in [-0.25, -0.2) is 14.4 Å². The Hall–Kier alpha value is -3.35. The van der Waals surface area contributed by atoms with Crippen LogP contribution in [0.2, 0.25) is 0 Å². The third kappa shape index (κ3) is 4.01. The van der Waals surface area contributed by atoms with E-state index < -0.39 is 35.0 Å². The van der Waals surface area contributed by atoms with E-state index >= 15 is 0 Å². The zero-order chi connectivity index (χ0) is 22.4. The van der Waals surface area contributed by atoms with Gasteiger partial charge < -0.3 is 20.8 Å². The van der Waals surface area contributed by atoms with Gasteiger partial charge in [-0.15, -0.1) is 0 Å². The molecule has 30 heavy (non-hydrogen) atoms. The van der Waals surface area contributed by atoms with Crippen molar-refractivity contribution < 1.29 is 24.6 Å². The number of rotatable bonds is 9. The minimum absolute atomic E-state index is 0.195. The molecule has 0 unspecified atom stereocenters. The molecule has 7 nitrogen and oxygen atoms in total. The highest BCUT2D eigenvalue weighted by Gasteiger charge is 2.63. The number of nitrogens with one attached hydrogen (secondary N) is 2. The molecule has 2 aromatic rings. The molecule has 160 valence electrons. The summed E-state index contributed by atoms with van der Waals surface area (Å²) >= 11 is 0. The second-order valence-electron chi connectivity index (χ2n) is 7.25. The lowest BCUT2D eigenvalue weighted by Gasteiger charge is -2.45. The Balaban J connectivity index is 2.50. The number of carbonyl (C=O) groups excluding carboxylic acids is 1. The fraction of sp³-hybridized carbons (Fsp3) is 0.348. The zero-order valence-electron chi connectivity index (χ0n) is 17.4. The molecule has 0 aromatic heterocycles. The van der Waals surface area contributed by atoms with Gasteiger partial charge in [0.15, 0.2) is 0 Å². The summed E-state index contributed by atoms with van der Waals surface area (Å²) in [7, 11) is 0. The maximum atomic E-state index is 12.8. The minimum Gasteiger partial charge on any atom is -0.479 e. The minimum atomic E-state index is -2.56. The Labute approximate surface area is 176 Å². The van der Waals surface area contributed by atoms with E-state index in [4.69, 9.17) is 0 Å². The predicted molar refractivity (Wildman–Crippen MR) is 113 cm³/mol. The maximum Gasteiger partial charge on any atom is 0.342 e. The lowest BCUT2D eigenvalue weighted by Crippen LogP contribution is -2.72. The first-order chi connectivity index (χ1) is 14.2. The molecule has 2 rings (SSSR count). The van der Waals surface area contributed by atoms with Crippen LogP contribution in [0.5, 0.6) is 0 Å². The molecule has 0 aliphatic heterocycles. The molecule has 1 atom stereocenters. The Kier molecular flexibility index (Phi) is 7.21. The van der Waals surface area contributed by atoms with Crippen molar-refractivity contribution >= 4 is 18.0 Å². The highest BCUT2D eigenvalue weighted by atomic mass is 16.4. The summed E-state index contributed by atoms with van der Waals surface area (Å²) < 4.78 is 0. The number of benzene rings is 2. The van der Waals surface area contributed by atoms with E-state index in [1.807, 2.05) is 30.3 Å².